The zero-order valence-electron chi connectivity index (χ0n) is 13.5. The maximum atomic E-state index is 12.7. The topological polar surface area (TPSA) is 55.6 Å². The van der Waals surface area contributed by atoms with E-state index in [9.17, 15) is 18.0 Å². The van der Waals surface area contributed by atoms with Crippen molar-refractivity contribution in [1.82, 2.24) is 0 Å². The lowest BCUT2D eigenvalue weighted by Gasteiger charge is -2.45. The number of rotatable bonds is 4. The first-order chi connectivity index (χ1) is 11.8. The van der Waals surface area contributed by atoms with Gasteiger partial charge in [0.05, 0.1) is 18.2 Å². The number of amides is 1. The molecule has 0 radical (unpaired) electrons. The summed E-state index contributed by atoms with van der Waals surface area (Å²) in [7, 11) is 0. The molecule has 1 aliphatic rings. The number of halogens is 3. The van der Waals surface area contributed by atoms with Crippen LogP contribution in [-0.4, -0.2) is 18.6 Å². The molecule has 1 fully saturated rings. The number of hydrogen-bond donors (Lipinski definition) is 1. The van der Waals surface area contributed by atoms with Gasteiger partial charge in [0.2, 0.25) is 5.91 Å². The minimum atomic E-state index is -4.40. The molecule has 7 heteroatoms. The summed E-state index contributed by atoms with van der Waals surface area (Å²) < 4.78 is 43.5. The highest BCUT2D eigenvalue weighted by Gasteiger charge is 2.46. The molecule has 25 heavy (non-hydrogen) atoms. The predicted octanol–water partition coefficient (Wildman–Crippen LogP) is 3.52. The smallest absolute Gasteiger partial charge is 0.416 e. The molecular formula is C18H17F3N2O2. The van der Waals surface area contributed by atoms with Crippen LogP contribution in [-0.2, 0) is 11.0 Å². The lowest BCUT2D eigenvalue weighted by atomic mass is 9.88. The van der Waals surface area contributed by atoms with Gasteiger partial charge in [0.25, 0.3) is 0 Å². The van der Waals surface area contributed by atoms with Gasteiger partial charge in [-0.1, -0.05) is 12.1 Å². The molecule has 1 amide bonds. The van der Waals surface area contributed by atoms with Gasteiger partial charge < -0.3 is 15.4 Å². The van der Waals surface area contributed by atoms with Crippen LogP contribution in [0.15, 0.2) is 48.5 Å². The molecule has 4 nitrogen and oxygen atoms in total. The largest absolute Gasteiger partial charge is 0.494 e. The second-order valence-electron chi connectivity index (χ2n) is 5.73. The number of nitrogens with two attached hydrogens (primary N) is 1. The number of ether oxygens (including phenoxy) is 1. The molecule has 132 valence electrons. The first kappa shape index (κ1) is 17.3. The SMILES string of the molecule is CCOc1ccc(N2C(=O)[C@H](N)[C@@H]2c2ccc(C(F)(F)F)cc2)cc1. The Morgan fingerprint density at radius 1 is 1.08 bits per heavy atom. The third kappa shape index (κ3) is 3.19. The van der Waals surface area contributed by atoms with Gasteiger partial charge in [-0.3, -0.25) is 4.79 Å². The summed E-state index contributed by atoms with van der Waals surface area (Å²) in [6.45, 7) is 2.40. The monoisotopic (exact) mass is 350 g/mol. The number of nitrogens with zero attached hydrogens (tertiary/aromatic N) is 1. The molecule has 0 saturated carbocycles. The quantitative estimate of drug-likeness (QED) is 0.859. The highest BCUT2D eigenvalue weighted by Crippen LogP contribution is 2.39. The van der Waals surface area contributed by atoms with Crippen LogP contribution in [0.1, 0.15) is 24.1 Å². The summed E-state index contributed by atoms with van der Waals surface area (Å²) in [5, 5.41) is 0. The molecular weight excluding hydrogens is 333 g/mol. The molecule has 0 spiro atoms. The third-order valence-corrected chi connectivity index (χ3v) is 4.15. The Kier molecular flexibility index (Phi) is 4.43. The Hall–Kier alpha value is -2.54. The molecule has 0 aromatic heterocycles. The molecule has 2 atom stereocenters. The van der Waals surface area contributed by atoms with Crippen molar-refractivity contribution in [3.8, 4) is 5.75 Å². The molecule has 0 unspecified atom stereocenters. The number of β-lactam (4-membered cyclic amide) rings is 1. The van der Waals surface area contributed by atoms with Crippen molar-refractivity contribution in [2.45, 2.75) is 25.2 Å². The Morgan fingerprint density at radius 2 is 1.68 bits per heavy atom. The van der Waals surface area contributed by atoms with Gasteiger partial charge in [0.1, 0.15) is 11.8 Å². The molecule has 3 rings (SSSR count). The molecule has 0 aliphatic carbocycles. The van der Waals surface area contributed by atoms with E-state index in [0.717, 1.165) is 12.1 Å². The van der Waals surface area contributed by atoms with Crippen LogP contribution < -0.4 is 15.4 Å². The third-order valence-electron chi connectivity index (χ3n) is 4.15. The Balaban J connectivity index is 1.86. The van der Waals surface area contributed by atoms with E-state index in [0.29, 0.717) is 23.6 Å². The van der Waals surface area contributed by atoms with Gasteiger partial charge in [-0.25, -0.2) is 0 Å². The lowest BCUT2D eigenvalue weighted by Crippen LogP contribution is -2.63. The number of anilines is 1. The molecule has 2 aromatic rings. The maximum absolute atomic E-state index is 12.7. The Bertz CT molecular complexity index is 757. The zero-order chi connectivity index (χ0) is 18.2. The summed E-state index contributed by atoms with van der Waals surface area (Å²) in [4.78, 5) is 13.7. The van der Waals surface area contributed by atoms with Crippen molar-refractivity contribution in [1.29, 1.82) is 0 Å². The molecule has 0 bridgehead atoms. The predicted molar refractivity (Wildman–Crippen MR) is 87.3 cm³/mol. The first-order valence-electron chi connectivity index (χ1n) is 7.81. The van der Waals surface area contributed by atoms with Crippen LogP contribution in [0.4, 0.5) is 18.9 Å². The van der Waals surface area contributed by atoms with Crippen LogP contribution in [0.2, 0.25) is 0 Å². The number of hydrogen-bond acceptors (Lipinski definition) is 3. The highest BCUT2D eigenvalue weighted by atomic mass is 19.4. The lowest BCUT2D eigenvalue weighted by molar-refractivity contribution is -0.137. The number of benzene rings is 2. The van der Waals surface area contributed by atoms with Crippen LogP contribution in [0.25, 0.3) is 0 Å². The van der Waals surface area contributed by atoms with E-state index in [1.807, 2.05) is 6.92 Å². The minimum absolute atomic E-state index is 0.269. The van der Waals surface area contributed by atoms with E-state index >= 15 is 0 Å². The fraction of sp³-hybridized carbons (Fsp3) is 0.278. The summed E-state index contributed by atoms with van der Waals surface area (Å²) >= 11 is 0. The first-order valence-corrected chi connectivity index (χ1v) is 7.81. The van der Waals surface area contributed by atoms with Gasteiger partial charge in [-0.2, -0.15) is 13.2 Å². The van der Waals surface area contributed by atoms with E-state index in [2.05, 4.69) is 0 Å². The van der Waals surface area contributed by atoms with E-state index < -0.39 is 23.8 Å². The summed E-state index contributed by atoms with van der Waals surface area (Å²) in [5.41, 5.74) is 6.35. The van der Waals surface area contributed by atoms with E-state index in [1.54, 1.807) is 24.3 Å². The average Bonchev–Trinajstić information content (AvgIpc) is 2.59. The molecule has 2 N–H and O–H groups in total. The number of alkyl halides is 3. The van der Waals surface area contributed by atoms with Crippen molar-refractivity contribution in [3.05, 3.63) is 59.7 Å². The van der Waals surface area contributed by atoms with Gasteiger partial charge in [0, 0.05) is 5.69 Å². The molecule has 1 aliphatic heterocycles. The standard InChI is InChI=1S/C18H17F3N2O2/c1-2-25-14-9-7-13(8-10-14)23-16(15(22)17(23)24)11-3-5-12(6-4-11)18(19,20)21/h3-10,15-16H,2,22H2,1H3/t15-,16+/m1/s1. The number of carbonyl (C=O) groups is 1. The Morgan fingerprint density at radius 3 is 2.20 bits per heavy atom. The fourth-order valence-electron chi connectivity index (χ4n) is 2.89. The van der Waals surface area contributed by atoms with Gasteiger partial charge in [-0.15, -0.1) is 0 Å². The molecule has 1 heterocycles. The highest BCUT2D eigenvalue weighted by molar-refractivity contribution is 6.05. The Labute approximate surface area is 143 Å². The average molecular weight is 350 g/mol. The molecule has 2 aromatic carbocycles. The van der Waals surface area contributed by atoms with E-state index in [4.69, 9.17) is 10.5 Å². The van der Waals surface area contributed by atoms with Crippen LogP contribution in [0.3, 0.4) is 0 Å². The van der Waals surface area contributed by atoms with Gasteiger partial charge in [0.15, 0.2) is 0 Å². The van der Waals surface area contributed by atoms with Crippen molar-refractivity contribution >= 4 is 11.6 Å². The van der Waals surface area contributed by atoms with Crippen LogP contribution >= 0.6 is 0 Å². The van der Waals surface area contributed by atoms with Gasteiger partial charge in [-0.05, 0) is 48.9 Å². The van der Waals surface area contributed by atoms with Crippen molar-refractivity contribution < 1.29 is 22.7 Å². The number of carbonyl (C=O) groups excluding carboxylic acids is 1. The summed E-state index contributed by atoms with van der Waals surface area (Å²) in [6.07, 6.45) is -4.40. The van der Waals surface area contributed by atoms with E-state index in [-0.39, 0.29) is 5.91 Å². The summed E-state index contributed by atoms with van der Waals surface area (Å²) in [5.74, 6) is 0.406. The minimum Gasteiger partial charge on any atom is -0.494 e. The molecule has 1 saturated heterocycles. The fourth-order valence-corrected chi connectivity index (χ4v) is 2.89. The summed E-state index contributed by atoms with van der Waals surface area (Å²) in [6, 6.07) is 10.4. The van der Waals surface area contributed by atoms with E-state index in [1.165, 1.54) is 17.0 Å². The van der Waals surface area contributed by atoms with Crippen LogP contribution in [0, 0.1) is 0 Å². The zero-order valence-corrected chi connectivity index (χ0v) is 13.5. The van der Waals surface area contributed by atoms with Crippen molar-refractivity contribution in [3.63, 3.8) is 0 Å². The van der Waals surface area contributed by atoms with Crippen LogP contribution in [0.5, 0.6) is 5.75 Å². The second-order valence-corrected chi connectivity index (χ2v) is 5.73. The van der Waals surface area contributed by atoms with Gasteiger partial charge >= 0.3 is 6.18 Å². The second kappa shape index (κ2) is 6.40. The van der Waals surface area contributed by atoms with Crippen molar-refractivity contribution in [2.24, 2.45) is 5.73 Å². The van der Waals surface area contributed by atoms with Crippen molar-refractivity contribution in [2.75, 3.05) is 11.5 Å². The maximum Gasteiger partial charge on any atom is 0.416 e. The normalized spacial score (nSPS) is 20.4.